The second kappa shape index (κ2) is 3.70. The Hall–Kier alpha value is -0.160. The van der Waals surface area contributed by atoms with Crippen LogP contribution < -0.4 is 0 Å². The van der Waals surface area contributed by atoms with Crippen LogP contribution in [0.3, 0.4) is 0 Å². The molecular weight excluding hydrogens is 160 g/mol. The highest BCUT2D eigenvalue weighted by atomic mass is 16.6. The Balaban J connectivity index is 2.67. The Bertz CT molecular complexity index is 136. The van der Waals surface area contributed by atoms with E-state index in [1.54, 1.807) is 13.8 Å². The van der Waals surface area contributed by atoms with Crippen molar-refractivity contribution in [3.8, 4) is 0 Å². The number of hydrogen-bond acceptors (Lipinski definition) is 4. The molecule has 0 bridgehead atoms. The van der Waals surface area contributed by atoms with Crippen LogP contribution in [0.15, 0.2) is 0 Å². The van der Waals surface area contributed by atoms with Crippen molar-refractivity contribution in [1.29, 1.82) is 0 Å². The SMILES string of the molecule is COC1[C@@H](O)C(C)O[C@@H](C)[C@@H]1O. The zero-order chi connectivity index (χ0) is 9.30. The third-order valence-corrected chi connectivity index (χ3v) is 2.34. The van der Waals surface area contributed by atoms with Crippen molar-refractivity contribution in [3.63, 3.8) is 0 Å². The van der Waals surface area contributed by atoms with Crippen LogP contribution in [0, 0.1) is 0 Å². The van der Waals surface area contributed by atoms with Crippen LogP contribution in [-0.2, 0) is 9.47 Å². The molecule has 0 spiro atoms. The summed E-state index contributed by atoms with van der Waals surface area (Å²) in [5.41, 5.74) is 0. The van der Waals surface area contributed by atoms with Gasteiger partial charge in [-0.2, -0.15) is 0 Å². The Morgan fingerprint density at radius 3 is 1.83 bits per heavy atom. The summed E-state index contributed by atoms with van der Waals surface area (Å²) in [6.07, 6.45) is -2.60. The lowest BCUT2D eigenvalue weighted by atomic mass is 9.96. The van der Waals surface area contributed by atoms with E-state index in [1.807, 2.05) is 0 Å². The van der Waals surface area contributed by atoms with Gasteiger partial charge in [0.05, 0.1) is 12.2 Å². The lowest BCUT2D eigenvalue weighted by Crippen LogP contribution is -2.56. The number of methoxy groups -OCH3 is 1. The smallest absolute Gasteiger partial charge is 0.114 e. The highest BCUT2D eigenvalue weighted by molar-refractivity contribution is 4.89. The molecule has 5 atom stereocenters. The molecule has 12 heavy (non-hydrogen) atoms. The summed E-state index contributed by atoms with van der Waals surface area (Å²) in [6.45, 7) is 3.53. The van der Waals surface area contributed by atoms with Crippen LogP contribution >= 0.6 is 0 Å². The predicted molar refractivity (Wildman–Crippen MR) is 42.8 cm³/mol. The van der Waals surface area contributed by atoms with Gasteiger partial charge in [-0.15, -0.1) is 0 Å². The summed E-state index contributed by atoms with van der Waals surface area (Å²) in [5, 5.41) is 19.0. The summed E-state index contributed by atoms with van der Waals surface area (Å²) in [7, 11) is 1.47. The molecule has 1 saturated heterocycles. The highest BCUT2D eigenvalue weighted by Gasteiger charge is 2.40. The third-order valence-electron chi connectivity index (χ3n) is 2.34. The van der Waals surface area contributed by atoms with Gasteiger partial charge in [0.1, 0.15) is 18.3 Å². The molecule has 0 radical (unpaired) electrons. The van der Waals surface area contributed by atoms with Gasteiger partial charge in [0.25, 0.3) is 0 Å². The van der Waals surface area contributed by atoms with Gasteiger partial charge in [-0.05, 0) is 13.8 Å². The fourth-order valence-corrected chi connectivity index (χ4v) is 1.51. The van der Waals surface area contributed by atoms with Crippen LogP contribution in [0.1, 0.15) is 13.8 Å². The van der Waals surface area contributed by atoms with Crippen LogP contribution in [-0.4, -0.2) is 47.8 Å². The highest BCUT2D eigenvalue weighted by Crippen LogP contribution is 2.22. The minimum absolute atomic E-state index is 0.284. The Morgan fingerprint density at radius 1 is 1.08 bits per heavy atom. The van der Waals surface area contributed by atoms with E-state index in [0.29, 0.717) is 0 Å². The van der Waals surface area contributed by atoms with Crippen LogP contribution in [0.4, 0.5) is 0 Å². The molecule has 4 nitrogen and oxygen atoms in total. The first-order chi connectivity index (χ1) is 5.57. The zero-order valence-corrected chi connectivity index (χ0v) is 7.60. The molecule has 0 aromatic rings. The second-order valence-electron chi connectivity index (χ2n) is 3.23. The maximum atomic E-state index is 9.52. The first-order valence-electron chi connectivity index (χ1n) is 4.12. The van der Waals surface area contributed by atoms with Gasteiger partial charge in [-0.3, -0.25) is 0 Å². The molecule has 0 aromatic carbocycles. The van der Waals surface area contributed by atoms with Gasteiger partial charge < -0.3 is 19.7 Å². The largest absolute Gasteiger partial charge is 0.388 e. The molecule has 0 saturated carbocycles. The summed E-state index contributed by atoms with van der Waals surface area (Å²) >= 11 is 0. The average molecular weight is 176 g/mol. The minimum atomic E-state index is -0.749. The Labute approximate surface area is 72.1 Å². The van der Waals surface area contributed by atoms with Gasteiger partial charge >= 0.3 is 0 Å². The third kappa shape index (κ3) is 1.61. The summed E-state index contributed by atoms with van der Waals surface area (Å²) in [4.78, 5) is 0. The van der Waals surface area contributed by atoms with Gasteiger partial charge in [0.2, 0.25) is 0 Å². The molecule has 1 aliphatic heterocycles. The fourth-order valence-electron chi connectivity index (χ4n) is 1.51. The molecular formula is C8H16O4. The lowest BCUT2D eigenvalue weighted by molar-refractivity contribution is -0.219. The molecule has 1 heterocycles. The average Bonchev–Trinajstić information content (AvgIpc) is 2.02. The van der Waals surface area contributed by atoms with Crippen molar-refractivity contribution in [2.75, 3.05) is 7.11 Å². The monoisotopic (exact) mass is 176 g/mol. The van der Waals surface area contributed by atoms with Crippen molar-refractivity contribution in [1.82, 2.24) is 0 Å². The number of hydrogen-bond donors (Lipinski definition) is 2. The van der Waals surface area contributed by atoms with E-state index in [2.05, 4.69) is 0 Å². The topological polar surface area (TPSA) is 58.9 Å². The van der Waals surface area contributed by atoms with E-state index in [4.69, 9.17) is 9.47 Å². The molecule has 0 aromatic heterocycles. The van der Waals surface area contributed by atoms with Crippen LogP contribution in [0.25, 0.3) is 0 Å². The van der Waals surface area contributed by atoms with Crippen molar-refractivity contribution < 1.29 is 19.7 Å². The van der Waals surface area contributed by atoms with E-state index >= 15 is 0 Å². The molecule has 2 N–H and O–H groups in total. The number of ether oxygens (including phenoxy) is 2. The molecule has 1 rings (SSSR count). The first-order valence-corrected chi connectivity index (χ1v) is 4.12. The van der Waals surface area contributed by atoms with Gasteiger partial charge in [-0.25, -0.2) is 0 Å². The molecule has 0 aliphatic carbocycles. The van der Waals surface area contributed by atoms with Crippen LogP contribution in [0.2, 0.25) is 0 Å². The summed E-state index contributed by atoms with van der Waals surface area (Å²) in [6, 6.07) is 0. The van der Waals surface area contributed by atoms with E-state index in [9.17, 15) is 10.2 Å². The van der Waals surface area contributed by atoms with Gasteiger partial charge in [0.15, 0.2) is 0 Å². The standard InChI is InChI=1S/C8H16O4/c1-4-6(9)8(11-3)7(10)5(2)12-4/h4-10H,1-3H3/t4-,5?,6-,7-,8?/m0/s1. The molecule has 0 amide bonds. The van der Waals surface area contributed by atoms with Crippen LogP contribution in [0.5, 0.6) is 0 Å². The maximum absolute atomic E-state index is 9.52. The molecule has 4 heteroatoms. The van der Waals surface area contributed by atoms with Crippen molar-refractivity contribution >= 4 is 0 Å². The molecule has 1 aliphatic rings. The van der Waals surface area contributed by atoms with E-state index in [0.717, 1.165) is 0 Å². The number of rotatable bonds is 1. The van der Waals surface area contributed by atoms with Crippen molar-refractivity contribution in [2.24, 2.45) is 0 Å². The van der Waals surface area contributed by atoms with E-state index in [1.165, 1.54) is 7.11 Å². The lowest BCUT2D eigenvalue weighted by Gasteiger charge is -2.39. The predicted octanol–water partition coefficient (Wildman–Crippen LogP) is -0.470. The minimum Gasteiger partial charge on any atom is -0.388 e. The van der Waals surface area contributed by atoms with Crippen molar-refractivity contribution in [2.45, 2.75) is 44.4 Å². The number of aliphatic hydroxyl groups excluding tert-OH is 2. The van der Waals surface area contributed by atoms with Gasteiger partial charge in [0, 0.05) is 7.11 Å². The second-order valence-corrected chi connectivity index (χ2v) is 3.23. The van der Waals surface area contributed by atoms with E-state index < -0.39 is 18.3 Å². The zero-order valence-electron chi connectivity index (χ0n) is 7.60. The molecule has 72 valence electrons. The van der Waals surface area contributed by atoms with E-state index in [-0.39, 0.29) is 12.2 Å². The maximum Gasteiger partial charge on any atom is 0.114 e. The Kier molecular flexibility index (Phi) is 3.06. The number of aliphatic hydroxyl groups is 2. The molecule has 2 unspecified atom stereocenters. The normalized spacial score (nSPS) is 49.2. The first kappa shape index (κ1) is 9.92. The summed E-state index contributed by atoms with van der Waals surface area (Å²) in [5.74, 6) is 0. The fraction of sp³-hybridized carbons (Fsp3) is 1.00. The van der Waals surface area contributed by atoms with Gasteiger partial charge in [-0.1, -0.05) is 0 Å². The van der Waals surface area contributed by atoms with Crippen molar-refractivity contribution in [3.05, 3.63) is 0 Å². The quantitative estimate of drug-likeness (QED) is 0.567. The molecule has 1 fully saturated rings. The Morgan fingerprint density at radius 2 is 1.50 bits per heavy atom. The summed E-state index contributed by atoms with van der Waals surface area (Å²) < 4.78 is 10.2.